The lowest BCUT2D eigenvalue weighted by Gasteiger charge is -2.08. The summed E-state index contributed by atoms with van der Waals surface area (Å²) in [6.07, 6.45) is 0. The van der Waals surface area contributed by atoms with Gasteiger partial charge in [-0.15, -0.1) is 0 Å². The van der Waals surface area contributed by atoms with E-state index in [1.807, 2.05) is 5.32 Å². The first kappa shape index (κ1) is 19.6. The maximum absolute atomic E-state index is 13.4. The predicted molar refractivity (Wildman–Crippen MR) is 93.3 cm³/mol. The molecule has 0 radical (unpaired) electrons. The molecule has 9 heteroatoms. The molecule has 0 heterocycles. The smallest absolute Gasteiger partial charge is 0.326 e. The molecule has 0 bridgehead atoms. The van der Waals surface area contributed by atoms with E-state index in [2.05, 4.69) is 15.4 Å². The molecule has 0 saturated heterocycles. The molecule has 0 aromatic heterocycles. The van der Waals surface area contributed by atoms with Crippen molar-refractivity contribution in [1.82, 2.24) is 10.6 Å². The van der Waals surface area contributed by atoms with Gasteiger partial charge in [-0.05, 0) is 24.3 Å². The third kappa shape index (κ3) is 6.58. The van der Waals surface area contributed by atoms with Crippen LogP contribution >= 0.6 is 0 Å². The highest BCUT2D eigenvalue weighted by Crippen LogP contribution is 2.11. The molecule has 0 aliphatic heterocycles. The van der Waals surface area contributed by atoms with Crippen LogP contribution in [-0.4, -0.2) is 37.0 Å². The van der Waals surface area contributed by atoms with E-state index >= 15 is 0 Å². The van der Waals surface area contributed by atoms with E-state index in [0.29, 0.717) is 5.56 Å². The molecule has 0 saturated carbocycles. The third-order valence-electron chi connectivity index (χ3n) is 3.17. The number of hydrogen-bond donors (Lipinski definition) is 3. The van der Waals surface area contributed by atoms with E-state index in [-0.39, 0.29) is 5.69 Å². The summed E-state index contributed by atoms with van der Waals surface area (Å²) in [6, 6.07) is 12.7. The van der Waals surface area contributed by atoms with Crippen LogP contribution in [0.15, 0.2) is 54.6 Å². The Labute approximate surface area is 153 Å². The summed E-state index contributed by atoms with van der Waals surface area (Å²) in [5.41, 5.74) is 0.260. The average molecular weight is 373 g/mol. The van der Waals surface area contributed by atoms with Crippen molar-refractivity contribution in [2.24, 2.45) is 0 Å². The zero-order valence-corrected chi connectivity index (χ0v) is 14.0. The van der Waals surface area contributed by atoms with Gasteiger partial charge in [-0.3, -0.25) is 19.7 Å². The second-order valence-electron chi connectivity index (χ2n) is 5.19. The number of halogens is 1. The van der Waals surface area contributed by atoms with Crippen molar-refractivity contribution in [3.05, 3.63) is 66.0 Å². The molecular weight excluding hydrogens is 357 g/mol. The Hall–Kier alpha value is -3.75. The van der Waals surface area contributed by atoms with Crippen LogP contribution in [0.5, 0.6) is 0 Å². The Bertz CT molecular complexity index is 842. The number of rotatable bonds is 6. The molecule has 2 aromatic carbocycles. The summed E-state index contributed by atoms with van der Waals surface area (Å²) in [6.45, 7) is -1.17. The van der Waals surface area contributed by atoms with Gasteiger partial charge in [0.1, 0.15) is 12.4 Å². The van der Waals surface area contributed by atoms with Gasteiger partial charge in [0.25, 0.3) is 11.8 Å². The minimum atomic E-state index is -0.974. The number of imide groups is 1. The van der Waals surface area contributed by atoms with Crippen molar-refractivity contribution >= 4 is 29.5 Å². The fourth-order valence-electron chi connectivity index (χ4n) is 1.92. The highest BCUT2D eigenvalue weighted by molar-refractivity contribution is 6.02. The van der Waals surface area contributed by atoms with Gasteiger partial charge in [0.15, 0.2) is 6.61 Å². The van der Waals surface area contributed by atoms with Gasteiger partial charge in [0.2, 0.25) is 0 Å². The van der Waals surface area contributed by atoms with Crippen LogP contribution in [-0.2, 0) is 14.3 Å². The Balaban J connectivity index is 1.68. The minimum Gasteiger partial charge on any atom is -0.454 e. The van der Waals surface area contributed by atoms with E-state index < -0.39 is 42.8 Å². The van der Waals surface area contributed by atoms with Crippen molar-refractivity contribution in [2.45, 2.75) is 0 Å². The van der Waals surface area contributed by atoms with Crippen LogP contribution < -0.4 is 16.0 Å². The first-order chi connectivity index (χ1) is 13.0. The standard InChI is InChI=1S/C18H16FN3O5/c19-13-8-4-5-9-14(13)21-18(26)22-15(23)11-27-16(24)10-20-17(25)12-6-2-1-3-7-12/h1-9H,10-11H2,(H,20,25)(H2,21,22,23,26). The van der Waals surface area contributed by atoms with Gasteiger partial charge in [-0.2, -0.15) is 0 Å². The largest absolute Gasteiger partial charge is 0.454 e. The predicted octanol–water partition coefficient (Wildman–Crippen LogP) is 1.45. The van der Waals surface area contributed by atoms with E-state index in [1.165, 1.54) is 18.2 Å². The summed E-state index contributed by atoms with van der Waals surface area (Å²) < 4.78 is 18.0. The number of esters is 1. The van der Waals surface area contributed by atoms with Gasteiger partial charge in [-0.1, -0.05) is 30.3 Å². The molecule has 0 spiro atoms. The molecule has 0 aliphatic rings. The van der Waals surface area contributed by atoms with Gasteiger partial charge in [0.05, 0.1) is 5.69 Å². The second kappa shape index (κ2) is 9.66. The number of carbonyl (C=O) groups is 4. The summed E-state index contributed by atoms with van der Waals surface area (Å²) in [5, 5.41) is 6.36. The fourth-order valence-corrected chi connectivity index (χ4v) is 1.92. The van der Waals surface area contributed by atoms with Crippen molar-refractivity contribution in [2.75, 3.05) is 18.5 Å². The number of anilines is 1. The zero-order valence-electron chi connectivity index (χ0n) is 14.0. The van der Waals surface area contributed by atoms with Crippen LogP contribution in [0.4, 0.5) is 14.9 Å². The number of nitrogens with one attached hydrogen (secondary N) is 3. The van der Waals surface area contributed by atoms with Crippen molar-refractivity contribution in [1.29, 1.82) is 0 Å². The molecule has 0 aliphatic carbocycles. The van der Waals surface area contributed by atoms with Gasteiger partial charge < -0.3 is 15.4 Å². The lowest BCUT2D eigenvalue weighted by atomic mass is 10.2. The molecule has 0 atom stereocenters. The number of hydrogen-bond acceptors (Lipinski definition) is 5. The molecule has 140 valence electrons. The summed E-state index contributed by atoms with van der Waals surface area (Å²) >= 11 is 0. The van der Waals surface area contributed by atoms with E-state index in [9.17, 15) is 23.6 Å². The van der Waals surface area contributed by atoms with E-state index in [4.69, 9.17) is 0 Å². The van der Waals surface area contributed by atoms with Gasteiger partial charge in [-0.25, -0.2) is 9.18 Å². The molecule has 8 nitrogen and oxygen atoms in total. The zero-order chi connectivity index (χ0) is 19.6. The molecule has 2 rings (SSSR count). The summed E-state index contributed by atoms with van der Waals surface area (Å²) in [5.74, 6) is -2.91. The van der Waals surface area contributed by atoms with Crippen LogP contribution in [0.2, 0.25) is 0 Å². The molecule has 3 N–H and O–H groups in total. The van der Waals surface area contributed by atoms with Crippen molar-refractivity contribution in [3.8, 4) is 0 Å². The topological polar surface area (TPSA) is 114 Å². The Kier molecular flexibility index (Phi) is 7.00. The third-order valence-corrected chi connectivity index (χ3v) is 3.17. The van der Waals surface area contributed by atoms with Crippen LogP contribution in [0.3, 0.4) is 0 Å². The number of benzene rings is 2. The summed E-state index contributed by atoms with van der Waals surface area (Å²) in [4.78, 5) is 46.4. The van der Waals surface area contributed by atoms with Gasteiger partial charge in [0, 0.05) is 5.56 Å². The normalized spacial score (nSPS) is 9.81. The maximum atomic E-state index is 13.4. The SMILES string of the molecule is O=C(COC(=O)CNC(=O)c1ccccc1)NC(=O)Nc1ccccc1F. The van der Waals surface area contributed by atoms with E-state index in [0.717, 1.165) is 6.07 Å². The Morgan fingerprint density at radius 1 is 0.926 bits per heavy atom. The molecule has 0 fully saturated rings. The van der Waals surface area contributed by atoms with Gasteiger partial charge >= 0.3 is 12.0 Å². The number of carbonyl (C=O) groups excluding carboxylic acids is 4. The second-order valence-corrected chi connectivity index (χ2v) is 5.19. The number of urea groups is 1. The van der Waals surface area contributed by atoms with Crippen LogP contribution in [0.1, 0.15) is 10.4 Å². The van der Waals surface area contributed by atoms with Crippen LogP contribution in [0, 0.1) is 5.82 Å². The van der Waals surface area contributed by atoms with Crippen LogP contribution in [0.25, 0.3) is 0 Å². The lowest BCUT2D eigenvalue weighted by Crippen LogP contribution is -2.38. The van der Waals surface area contributed by atoms with Crippen molar-refractivity contribution in [3.63, 3.8) is 0 Å². The highest BCUT2D eigenvalue weighted by atomic mass is 19.1. The first-order valence-electron chi connectivity index (χ1n) is 7.80. The van der Waals surface area contributed by atoms with Crippen molar-refractivity contribution < 1.29 is 28.3 Å². The van der Waals surface area contributed by atoms with E-state index in [1.54, 1.807) is 30.3 Å². The molecule has 4 amide bonds. The molecular formula is C18H16FN3O5. The Morgan fingerprint density at radius 3 is 2.30 bits per heavy atom. The quantitative estimate of drug-likeness (QED) is 0.663. The number of ether oxygens (including phenoxy) is 1. The highest BCUT2D eigenvalue weighted by Gasteiger charge is 2.13. The fraction of sp³-hybridized carbons (Fsp3) is 0.111. The molecule has 27 heavy (non-hydrogen) atoms. The number of para-hydroxylation sites is 1. The number of amides is 4. The monoisotopic (exact) mass is 373 g/mol. The minimum absolute atomic E-state index is 0.108. The molecule has 0 unspecified atom stereocenters. The lowest BCUT2D eigenvalue weighted by molar-refractivity contribution is -0.147. The average Bonchev–Trinajstić information content (AvgIpc) is 2.67. The Morgan fingerprint density at radius 2 is 1.59 bits per heavy atom. The molecule has 2 aromatic rings. The first-order valence-corrected chi connectivity index (χ1v) is 7.80. The summed E-state index contributed by atoms with van der Waals surface area (Å²) in [7, 11) is 0. The maximum Gasteiger partial charge on any atom is 0.326 e.